The Morgan fingerprint density at radius 2 is 1.85 bits per heavy atom. The first kappa shape index (κ1) is 13.8. The lowest BCUT2D eigenvalue weighted by Crippen LogP contribution is -2.27. The summed E-state index contributed by atoms with van der Waals surface area (Å²) in [6.07, 6.45) is 0.847. The van der Waals surface area contributed by atoms with Crippen LogP contribution in [0, 0.1) is 5.92 Å². The maximum Gasteiger partial charge on any atom is 0.314 e. The van der Waals surface area contributed by atoms with Gasteiger partial charge in [0.25, 0.3) is 0 Å². The minimum absolute atomic E-state index is 0.0224. The van der Waals surface area contributed by atoms with Gasteiger partial charge in [0.15, 0.2) is 5.78 Å². The van der Waals surface area contributed by atoms with Crippen LogP contribution in [0.25, 0.3) is 10.9 Å². The molecule has 0 aliphatic rings. The van der Waals surface area contributed by atoms with Gasteiger partial charge in [-0.2, -0.15) is 0 Å². The molecule has 0 aliphatic carbocycles. The minimum Gasteiger partial charge on any atom is -0.481 e. The maximum absolute atomic E-state index is 11.7. The van der Waals surface area contributed by atoms with Crippen LogP contribution >= 0.6 is 0 Å². The number of H-pyrrole nitrogens is 1. The zero-order valence-electron chi connectivity index (χ0n) is 10.5. The Labute approximate surface area is 114 Å². The standard InChI is InChI=1S/C14H13NO5/c16-12(6-13(17)18)10(14(19)20)5-8-7-15-11-4-2-1-3-9(8)11/h1-4,7,10,15H,5-6H2,(H,17,18)(H,19,20). The Hall–Kier alpha value is -2.63. The van der Waals surface area contributed by atoms with Crippen molar-refractivity contribution in [1.82, 2.24) is 4.98 Å². The van der Waals surface area contributed by atoms with E-state index in [-0.39, 0.29) is 6.42 Å². The average Bonchev–Trinajstić information content (AvgIpc) is 2.77. The van der Waals surface area contributed by atoms with Crippen LogP contribution in [-0.2, 0) is 20.8 Å². The fraction of sp³-hybridized carbons (Fsp3) is 0.214. The number of aromatic nitrogens is 1. The summed E-state index contributed by atoms with van der Waals surface area (Å²) in [5.41, 5.74) is 1.53. The molecule has 1 aromatic heterocycles. The number of aliphatic carboxylic acids is 2. The van der Waals surface area contributed by atoms with Crippen molar-refractivity contribution in [2.24, 2.45) is 5.92 Å². The molecule has 6 heteroatoms. The molecule has 1 heterocycles. The van der Waals surface area contributed by atoms with Gasteiger partial charge in [-0.25, -0.2) is 0 Å². The van der Waals surface area contributed by atoms with Crippen LogP contribution in [0.3, 0.4) is 0 Å². The highest BCUT2D eigenvalue weighted by Gasteiger charge is 2.28. The van der Waals surface area contributed by atoms with Gasteiger partial charge in [0.05, 0.1) is 0 Å². The molecule has 0 radical (unpaired) electrons. The second-order valence-electron chi connectivity index (χ2n) is 4.49. The van der Waals surface area contributed by atoms with Gasteiger partial charge >= 0.3 is 11.9 Å². The Morgan fingerprint density at radius 1 is 1.15 bits per heavy atom. The van der Waals surface area contributed by atoms with Crippen LogP contribution in [-0.4, -0.2) is 32.9 Å². The lowest BCUT2D eigenvalue weighted by Gasteiger charge is -2.09. The van der Waals surface area contributed by atoms with Gasteiger partial charge in [-0.05, 0) is 18.1 Å². The first-order valence-corrected chi connectivity index (χ1v) is 6.01. The number of carboxylic acids is 2. The highest BCUT2D eigenvalue weighted by atomic mass is 16.4. The zero-order valence-corrected chi connectivity index (χ0v) is 10.5. The van der Waals surface area contributed by atoms with Crippen molar-refractivity contribution in [3.63, 3.8) is 0 Å². The third-order valence-corrected chi connectivity index (χ3v) is 3.11. The summed E-state index contributed by atoms with van der Waals surface area (Å²) < 4.78 is 0. The van der Waals surface area contributed by atoms with Crippen LogP contribution in [0.15, 0.2) is 30.5 Å². The molecule has 2 aromatic rings. The number of carbonyl (C=O) groups excluding carboxylic acids is 1. The summed E-state index contributed by atoms with van der Waals surface area (Å²) in [6.45, 7) is 0. The van der Waals surface area contributed by atoms with Crippen molar-refractivity contribution in [3.05, 3.63) is 36.0 Å². The summed E-state index contributed by atoms with van der Waals surface area (Å²) in [6, 6.07) is 7.32. The number of fused-ring (bicyclic) bond motifs is 1. The van der Waals surface area contributed by atoms with Crippen LogP contribution in [0.5, 0.6) is 0 Å². The van der Waals surface area contributed by atoms with Crippen molar-refractivity contribution in [1.29, 1.82) is 0 Å². The van der Waals surface area contributed by atoms with Crippen molar-refractivity contribution in [3.8, 4) is 0 Å². The van der Waals surface area contributed by atoms with Gasteiger partial charge in [0.1, 0.15) is 12.3 Å². The monoisotopic (exact) mass is 275 g/mol. The van der Waals surface area contributed by atoms with E-state index >= 15 is 0 Å². The molecule has 2 rings (SSSR count). The number of carboxylic acid groups (broad SMARTS) is 2. The number of benzene rings is 1. The predicted octanol–water partition coefficient (Wildman–Crippen LogP) is 1.45. The average molecular weight is 275 g/mol. The van der Waals surface area contributed by atoms with Crippen LogP contribution in [0.1, 0.15) is 12.0 Å². The molecule has 3 N–H and O–H groups in total. The molecule has 0 spiro atoms. The molecule has 1 aromatic carbocycles. The zero-order chi connectivity index (χ0) is 14.7. The molecule has 20 heavy (non-hydrogen) atoms. The third-order valence-electron chi connectivity index (χ3n) is 3.11. The Balaban J connectivity index is 2.26. The van der Waals surface area contributed by atoms with Crippen molar-refractivity contribution < 1.29 is 24.6 Å². The summed E-state index contributed by atoms with van der Waals surface area (Å²) >= 11 is 0. The summed E-state index contributed by atoms with van der Waals surface area (Å²) in [5.74, 6) is -4.76. The van der Waals surface area contributed by atoms with E-state index in [1.165, 1.54) is 0 Å². The second-order valence-corrected chi connectivity index (χ2v) is 4.49. The van der Waals surface area contributed by atoms with Crippen LogP contribution in [0.4, 0.5) is 0 Å². The number of nitrogens with one attached hydrogen (secondary N) is 1. The van der Waals surface area contributed by atoms with E-state index in [2.05, 4.69) is 4.98 Å². The van der Waals surface area contributed by atoms with Crippen molar-refractivity contribution >= 4 is 28.6 Å². The molecular weight excluding hydrogens is 262 g/mol. The SMILES string of the molecule is O=C(O)CC(=O)C(Cc1c[nH]c2ccccc12)C(=O)O. The van der Waals surface area contributed by atoms with Gasteiger partial charge in [0, 0.05) is 17.1 Å². The van der Waals surface area contributed by atoms with Crippen molar-refractivity contribution in [2.45, 2.75) is 12.8 Å². The van der Waals surface area contributed by atoms with Gasteiger partial charge in [-0.1, -0.05) is 18.2 Å². The lowest BCUT2D eigenvalue weighted by atomic mass is 9.93. The quantitative estimate of drug-likeness (QED) is 0.692. The molecule has 1 atom stereocenters. The van der Waals surface area contributed by atoms with E-state index in [1.54, 1.807) is 6.20 Å². The number of ketones is 1. The van der Waals surface area contributed by atoms with E-state index < -0.39 is 30.1 Å². The minimum atomic E-state index is -1.34. The van der Waals surface area contributed by atoms with Gasteiger partial charge < -0.3 is 15.2 Å². The van der Waals surface area contributed by atoms with E-state index in [4.69, 9.17) is 10.2 Å². The lowest BCUT2D eigenvalue weighted by molar-refractivity contribution is -0.148. The highest BCUT2D eigenvalue weighted by Crippen LogP contribution is 2.21. The predicted molar refractivity (Wildman–Crippen MR) is 70.4 cm³/mol. The summed E-state index contributed by atoms with van der Waals surface area (Å²) in [5, 5.41) is 18.5. The number of hydrogen-bond acceptors (Lipinski definition) is 3. The maximum atomic E-state index is 11.7. The second kappa shape index (κ2) is 5.56. The Morgan fingerprint density at radius 3 is 2.50 bits per heavy atom. The molecule has 104 valence electrons. The summed E-state index contributed by atoms with van der Waals surface area (Å²) in [7, 11) is 0. The van der Waals surface area contributed by atoms with Crippen LogP contribution < -0.4 is 0 Å². The molecule has 0 saturated carbocycles. The Bertz CT molecular complexity index is 673. The normalized spacial score (nSPS) is 12.2. The van der Waals surface area contributed by atoms with Gasteiger partial charge in [-0.15, -0.1) is 0 Å². The number of hydrogen-bond donors (Lipinski definition) is 3. The van der Waals surface area contributed by atoms with E-state index in [9.17, 15) is 14.4 Å². The first-order chi connectivity index (χ1) is 9.49. The van der Waals surface area contributed by atoms with Crippen molar-refractivity contribution in [2.75, 3.05) is 0 Å². The molecule has 0 amide bonds. The molecule has 0 fully saturated rings. The topological polar surface area (TPSA) is 107 Å². The number of carbonyl (C=O) groups is 3. The first-order valence-electron chi connectivity index (χ1n) is 6.01. The third kappa shape index (κ3) is 2.85. The van der Waals surface area contributed by atoms with E-state index in [0.29, 0.717) is 5.56 Å². The fourth-order valence-electron chi connectivity index (χ4n) is 2.13. The molecular formula is C14H13NO5. The smallest absolute Gasteiger partial charge is 0.314 e. The van der Waals surface area contributed by atoms with Gasteiger partial charge in [-0.3, -0.25) is 14.4 Å². The number of rotatable bonds is 6. The fourth-order valence-corrected chi connectivity index (χ4v) is 2.13. The van der Waals surface area contributed by atoms with E-state index in [1.807, 2.05) is 24.3 Å². The molecule has 0 bridgehead atoms. The van der Waals surface area contributed by atoms with Gasteiger partial charge in [0.2, 0.25) is 0 Å². The largest absolute Gasteiger partial charge is 0.481 e. The summed E-state index contributed by atoms with van der Waals surface area (Å²) in [4.78, 5) is 36.4. The molecule has 1 unspecified atom stereocenters. The number of para-hydroxylation sites is 1. The number of aromatic amines is 1. The highest BCUT2D eigenvalue weighted by molar-refractivity contribution is 6.05. The number of Topliss-reactive ketones (excluding diaryl/α,β-unsaturated/α-hetero) is 1. The molecule has 0 saturated heterocycles. The molecule has 6 nitrogen and oxygen atoms in total. The van der Waals surface area contributed by atoms with E-state index in [0.717, 1.165) is 10.9 Å². The Kier molecular flexibility index (Phi) is 3.84. The molecule has 0 aliphatic heterocycles. The van der Waals surface area contributed by atoms with Crippen LogP contribution in [0.2, 0.25) is 0 Å².